The minimum absolute atomic E-state index is 0.249. The summed E-state index contributed by atoms with van der Waals surface area (Å²) in [4.78, 5) is -0.391. The van der Waals surface area contributed by atoms with Crippen molar-refractivity contribution in [2.24, 2.45) is 0 Å². The van der Waals surface area contributed by atoms with Crippen molar-refractivity contribution in [2.45, 2.75) is 4.90 Å². The number of hydrogen-bond acceptors (Lipinski definition) is 3. The Balaban J connectivity index is 2.41. The number of sulfonamides is 1. The summed E-state index contributed by atoms with van der Waals surface area (Å²) in [5, 5.41) is -0.804. The first-order chi connectivity index (χ1) is 9.31. The Morgan fingerprint density at radius 2 is 1.65 bits per heavy atom. The number of hydrogen-bond donors (Lipinski definition) is 2. The molecule has 0 fully saturated rings. The van der Waals surface area contributed by atoms with Gasteiger partial charge in [0.25, 0.3) is 10.0 Å². The van der Waals surface area contributed by atoms with Gasteiger partial charge in [-0.25, -0.2) is 12.8 Å². The zero-order chi connectivity index (χ0) is 14.9. The normalized spacial score (nSPS) is 11.3. The molecule has 0 radical (unpaired) electrons. The van der Waals surface area contributed by atoms with Crippen LogP contribution in [0.15, 0.2) is 41.3 Å². The second-order valence-corrected chi connectivity index (χ2v) is 6.34. The Labute approximate surface area is 125 Å². The van der Waals surface area contributed by atoms with Gasteiger partial charge in [-0.05, 0) is 36.4 Å². The molecule has 106 valence electrons. The Kier molecular flexibility index (Phi) is 4.08. The van der Waals surface area contributed by atoms with Crippen LogP contribution in [0, 0.1) is 5.82 Å². The van der Waals surface area contributed by atoms with Crippen LogP contribution in [-0.4, -0.2) is 8.42 Å². The number of rotatable bonds is 3. The van der Waals surface area contributed by atoms with E-state index in [0.717, 1.165) is 12.1 Å². The standard InChI is InChI=1S/C12H9Cl2FN2O2S/c13-9-5-6-10(11(14)12(9)15)20(18,19)17-8-3-1-7(16)2-4-8/h1-6,17H,16H2. The van der Waals surface area contributed by atoms with E-state index in [0.29, 0.717) is 5.69 Å². The van der Waals surface area contributed by atoms with E-state index in [1.165, 1.54) is 24.3 Å². The van der Waals surface area contributed by atoms with Gasteiger partial charge in [0, 0.05) is 11.4 Å². The van der Waals surface area contributed by atoms with Crippen molar-refractivity contribution in [1.82, 2.24) is 0 Å². The predicted molar refractivity (Wildman–Crippen MR) is 78.1 cm³/mol. The fraction of sp³-hybridized carbons (Fsp3) is 0. The summed E-state index contributed by atoms with van der Waals surface area (Å²) in [5.41, 5.74) is 6.27. The molecule has 0 aliphatic carbocycles. The third-order valence-electron chi connectivity index (χ3n) is 2.45. The molecule has 4 nitrogen and oxygen atoms in total. The maximum atomic E-state index is 13.5. The maximum Gasteiger partial charge on any atom is 0.263 e. The molecule has 2 aromatic rings. The molecular weight excluding hydrogens is 326 g/mol. The van der Waals surface area contributed by atoms with E-state index in [-0.39, 0.29) is 10.7 Å². The molecule has 0 heterocycles. The summed E-state index contributed by atoms with van der Waals surface area (Å²) < 4.78 is 40.1. The summed E-state index contributed by atoms with van der Waals surface area (Å²) >= 11 is 11.2. The summed E-state index contributed by atoms with van der Waals surface area (Å²) in [5.74, 6) is -0.978. The van der Waals surface area contributed by atoms with Gasteiger partial charge in [0.2, 0.25) is 0 Å². The van der Waals surface area contributed by atoms with Crippen LogP contribution < -0.4 is 10.5 Å². The summed E-state index contributed by atoms with van der Waals surface area (Å²) in [6, 6.07) is 8.28. The van der Waals surface area contributed by atoms with Gasteiger partial charge >= 0.3 is 0 Å². The highest BCUT2D eigenvalue weighted by Gasteiger charge is 2.22. The molecule has 8 heteroatoms. The molecule has 0 atom stereocenters. The first-order valence-electron chi connectivity index (χ1n) is 5.33. The van der Waals surface area contributed by atoms with E-state index in [4.69, 9.17) is 28.9 Å². The molecule has 0 unspecified atom stereocenters. The largest absolute Gasteiger partial charge is 0.399 e. The van der Waals surface area contributed by atoms with Crippen molar-refractivity contribution in [2.75, 3.05) is 10.5 Å². The van der Waals surface area contributed by atoms with E-state index < -0.39 is 25.8 Å². The monoisotopic (exact) mass is 334 g/mol. The van der Waals surface area contributed by atoms with Crippen LogP contribution in [0.2, 0.25) is 10.0 Å². The third kappa shape index (κ3) is 2.98. The lowest BCUT2D eigenvalue weighted by atomic mass is 10.3. The van der Waals surface area contributed by atoms with Gasteiger partial charge in [-0.15, -0.1) is 0 Å². The van der Waals surface area contributed by atoms with Gasteiger partial charge in [-0.1, -0.05) is 23.2 Å². The molecule has 0 bridgehead atoms. The van der Waals surface area contributed by atoms with Gasteiger partial charge in [-0.2, -0.15) is 0 Å². The smallest absolute Gasteiger partial charge is 0.263 e. The van der Waals surface area contributed by atoms with Crippen LogP contribution in [-0.2, 0) is 10.0 Å². The molecule has 0 amide bonds. The second-order valence-electron chi connectivity index (χ2n) is 3.90. The van der Waals surface area contributed by atoms with E-state index in [9.17, 15) is 12.8 Å². The van der Waals surface area contributed by atoms with E-state index >= 15 is 0 Å². The molecule has 2 aromatic carbocycles. The fourth-order valence-electron chi connectivity index (χ4n) is 1.48. The number of nitrogen functional groups attached to an aromatic ring is 1. The van der Waals surface area contributed by atoms with Gasteiger partial charge in [0.1, 0.15) is 4.90 Å². The Bertz CT molecular complexity index is 749. The lowest BCUT2D eigenvalue weighted by molar-refractivity contribution is 0.595. The molecule has 2 rings (SSSR count). The van der Waals surface area contributed by atoms with Crippen molar-refractivity contribution in [3.05, 3.63) is 52.3 Å². The van der Waals surface area contributed by atoms with Crippen molar-refractivity contribution >= 4 is 44.6 Å². The predicted octanol–water partition coefficient (Wildman–Crippen LogP) is 3.52. The van der Waals surface area contributed by atoms with Crippen molar-refractivity contribution in [3.8, 4) is 0 Å². The molecule has 0 aromatic heterocycles. The molecule has 0 aliphatic heterocycles. The zero-order valence-electron chi connectivity index (χ0n) is 9.90. The Hall–Kier alpha value is -1.50. The minimum Gasteiger partial charge on any atom is -0.399 e. The highest BCUT2D eigenvalue weighted by atomic mass is 35.5. The van der Waals surface area contributed by atoms with Crippen molar-refractivity contribution < 1.29 is 12.8 Å². The summed E-state index contributed by atoms with van der Waals surface area (Å²) in [7, 11) is -4.02. The maximum absolute atomic E-state index is 13.5. The van der Waals surface area contributed by atoms with Crippen LogP contribution in [0.25, 0.3) is 0 Å². The SMILES string of the molecule is Nc1ccc(NS(=O)(=O)c2ccc(Cl)c(F)c2Cl)cc1. The first-order valence-corrected chi connectivity index (χ1v) is 7.57. The average molecular weight is 335 g/mol. The van der Waals surface area contributed by atoms with Crippen LogP contribution in [0.3, 0.4) is 0 Å². The number of nitrogens with one attached hydrogen (secondary N) is 1. The van der Waals surface area contributed by atoms with Gasteiger partial charge in [-0.3, -0.25) is 4.72 Å². The number of benzene rings is 2. The van der Waals surface area contributed by atoms with Gasteiger partial charge in [0.05, 0.1) is 10.0 Å². The number of nitrogens with two attached hydrogens (primary N) is 1. The Morgan fingerprint density at radius 3 is 2.25 bits per heavy atom. The molecule has 0 aliphatic rings. The molecule has 0 spiro atoms. The quantitative estimate of drug-likeness (QED) is 0.666. The third-order valence-corrected chi connectivity index (χ3v) is 4.65. The molecular formula is C12H9Cl2FN2O2S. The highest BCUT2D eigenvalue weighted by molar-refractivity contribution is 7.92. The lowest BCUT2D eigenvalue weighted by Gasteiger charge is -2.10. The van der Waals surface area contributed by atoms with Crippen molar-refractivity contribution in [3.63, 3.8) is 0 Å². The van der Waals surface area contributed by atoms with Crippen molar-refractivity contribution in [1.29, 1.82) is 0 Å². The second kappa shape index (κ2) is 5.47. The van der Waals surface area contributed by atoms with E-state index in [2.05, 4.69) is 4.72 Å². The van der Waals surface area contributed by atoms with Crippen LogP contribution in [0.5, 0.6) is 0 Å². The minimum atomic E-state index is -4.02. The van der Waals surface area contributed by atoms with Crippen LogP contribution in [0.4, 0.5) is 15.8 Å². The summed E-state index contributed by atoms with van der Waals surface area (Å²) in [6.07, 6.45) is 0. The topological polar surface area (TPSA) is 72.2 Å². The molecule has 0 saturated carbocycles. The first kappa shape index (κ1) is 14.9. The number of halogens is 3. The molecule has 3 N–H and O–H groups in total. The fourth-order valence-corrected chi connectivity index (χ4v) is 3.28. The van der Waals surface area contributed by atoms with Gasteiger partial charge < -0.3 is 5.73 Å². The summed E-state index contributed by atoms with van der Waals surface area (Å²) in [6.45, 7) is 0. The van der Waals surface area contributed by atoms with Crippen LogP contribution >= 0.6 is 23.2 Å². The molecule has 20 heavy (non-hydrogen) atoms. The van der Waals surface area contributed by atoms with Gasteiger partial charge in [0.15, 0.2) is 5.82 Å². The Morgan fingerprint density at radius 1 is 1.05 bits per heavy atom. The lowest BCUT2D eigenvalue weighted by Crippen LogP contribution is -2.14. The van der Waals surface area contributed by atoms with Crippen LogP contribution in [0.1, 0.15) is 0 Å². The highest BCUT2D eigenvalue weighted by Crippen LogP contribution is 2.30. The average Bonchev–Trinajstić information content (AvgIpc) is 2.38. The van der Waals surface area contributed by atoms with E-state index in [1.54, 1.807) is 0 Å². The molecule has 0 saturated heterocycles. The zero-order valence-corrected chi connectivity index (χ0v) is 12.2. The number of anilines is 2. The van der Waals surface area contributed by atoms with E-state index in [1.807, 2.05) is 0 Å².